The number of benzene rings is 2. The van der Waals surface area contributed by atoms with Crippen molar-refractivity contribution in [3.05, 3.63) is 65.0 Å². The van der Waals surface area contributed by atoms with Gasteiger partial charge in [0.05, 0.1) is 38.9 Å². The fraction of sp³-hybridized carbons (Fsp3) is 0.391. The maximum absolute atomic E-state index is 13.6. The largest absolute Gasteiger partial charge is 0.496 e. The molecule has 30 heavy (non-hydrogen) atoms. The highest BCUT2D eigenvalue weighted by Gasteiger charge is 2.28. The molecule has 0 spiro atoms. The Labute approximate surface area is 176 Å². The lowest BCUT2D eigenvalue weighted by Gasteiger charge is -2.34. The molecule has 1 aliphatic heterocycles. The zero-order valence-corrected chi connectivity index (χ0v) is 17.7. The summed E-state index contributed by atoms with van der Waals surface area (Å²) in [5, 5.41) is 2.80. The molecule has 2 aromatic carbocycles. The maximum atomic E-state index is 13.6. The average molecular weight is 415 g/mol. The zero-order chi connectivity index (χ0) is 21.7. The Morgan fingerprint density at radius 3 is 2.60 bits per heavy atom. The summed E-state index contributed by atoms with van der Waals surface area (Å²) in [5.41, 5.74) is 2.37. The molecule has 7 heteroatoms. The highest BCUT2D eigenvalue weighted by molar-refractivity contribution is 5.97. The lowest BCUT2D eigenvalue weighted by Crippen LogP contribution is -3.13. The van der Waals surface area contributed by atoms with Crippen LogP contribution in [-0.2, 0) is 11.3 Å². The number of nitrogens with one attached hydrogen (secondary N) is 2. The second-order valence-electron chi connectivity index (χ2n) is 7.77. The minimum Gasteiger partial charge on any atom is -0.496 e. The molecule has 0 aliphatic carbocycles. The predicted octanol–water partition coefficient (Wildman–Crippen LogP) is 1.19. The van der Waals surface area contributed by atoms with E-state index in [1.165, 1.54) is 17.0 Å². The summed E-state index contributed by atoms with van der Waals surface area (Å²) in [7, 11) is 1.58. The van der Waals surface area contributed by atoms with Crippen LogP contribution in [0.15, 0.2) is 42.5 Å². The van der Waals surface area contributed by atoms with Gasteiger partial charge in [-0.3, -0.25) is 9.59 Å². The van der Waals surface area contributed by atoms with Gasteiger partial charge in [0, 0.05) is 5.56 Å². The van der Waals surface area contributed by atoms with Gasteiger partial charge < -0.3 is 19.9 Å². The fourth-order valence-electron chi connectivity index (χ4n) is 3.78. The van der Waals surface area contributed by atoms with Crippen molar-refractivity contribution in [2.75, 3.05) is 33.3 Å². The van der Waals surface area contributed by atoms with Gasteiger partial charge in [-0.1, -0.05) is 17.7 Å². The monoisotopic (exact) mass is 414 g/mol. The van der Waals surface area contributed by atoms with Crippen molar-refractivity contribution in [2.24, 2.45) is 0 Å². The van der Waals surface area contributed by atoms with Gasteiger partial charge in [0.15, 0.2) is 0 Å². The number of nitrogens with zero attached hydrogens (tertiary/aromatic N) is 1. The normalized spacial score (nSPS) is 15.5. The molecule has 2 N–H and O–H groups in total. The first-order valence-corrected chi connectivity index (χ1v) is 10.2. The van der Waals surface area contributed by atoms with E-state index >= 15 is 0 Å². The Bertz CT molecular complexity index is 910. The number of aryl methyl sites for hydroxylation is 1. The van der Waals surface area contributed by atoms with E-state index in [2.05, 4.69) is 5.32 Å². The lowest BCUT2D eigenvalue weighted by atomic mass is 10.1. The number of ether oxygens (including phenoxy) is 1. The fourth-order valence-corrected chi connectivity index (χ4v) is 3.78. The van der Waals surface area contributed by atoms with Gasteiger partial charge in [-0.2, -0.15) is 0 Å². The highest BCUT2D eigenvalue weighted by Crippen LogP contribution is 2.18. The number of halogens is 1. The van der Waals surface area contributed by atoms with E-state index in [0.29, 0.717) is 30.9 Å². The number of rotatable bonds is 6. The number of quaternary nitrogens is 1. The summed E-state index contributed by atoms with van der Waals surface area (Å²) in [6, 6.07) is 11.2. The summed E-state index contributed by atoms with van der Waals surface area (Å²) in [5.74, 6) is 0.0625. The molecule has 1 atom stereocenters. The highest BCUT2D eigenvalue weighted by atomic mass is 19.1. The third kappa shape index (κ3) is 5.36. The first kappa shape index (κ1) is 21.8. The van der Waals surface area contributed by atoms with Crippen LogP contribution in [-0.4, -0.2) is 56.0 Å². The smallest absolute Gasteiger partial charge is 0.251 e. The summed E-state index contributed by atoms with van der Waals surface area (Å²) in [4.78, 5) is 28.2. The van der Waals surface area contributed by atoms with E-state index in [9.17, 15) is 14.0 Å². The van der Waals surface area contributed by atoms with Gasteiger partial charge in [-0.05, 0) is 44.2 Å². The number of carbonyl (C=O) groups is 2. The van der Waals surface area contributed by atoms with Crippen molar-refractivity contribution in [3.63, 3.8) is 0 Å². The van der Waals surface area contributed by atoms with Gasteiger partial charge in [0.2, 0.25) is 5.91 Å². The molecule has 6 nitrogen and oxygen atoms in total. The van der Waals surface area contributed by atoms with E-state index in [0.717, 1.165) is 24.2 Å². The van der Waals surface area contributed by atoms with Gasteiger partial charge in [0.25, 0.3) is 5.91 Å². The minimum atomic E-state index is -0.595. The molecule has 1 fully saturated rings. The molecule has 160 valence electrons. The second kappa shape index (κ2) is 9.71. The topological polar surface area (TPSA) is 63.1 Å². The van der Waals surface area contributed by atoms with E-state index in [4.69, 9.17) is 4.74 Å². The Morgan fingerprint density at radius 2 is 1.93 bits per heavy atom. The van der Waals surface area contributed by atoms with Gasteiger partial charge in [-0.25, -0.2) is 4.39 Å². The number of amides is 2. The van der Waals surface area contributed by atoms with Crippen molar-refractivity contribution in [2.45, 2.75) is 26.4 Å². The van der Waals surface area contributed by atoms with Crippen LogP contribution in [0.1, 0.15) is 28.4 Å². The van der Waals surface area contributed by atoms with Crippen LogP contribution in [0.2, 0.25) is 0 Å². The van der Waals surface area contributed by atoms with Crippen LogP contribution in [0.3, 0.4) is 0 Å². The van der Waals surface area contributed by atoms with Crippen LogP contribution in [0.4, 0.5) is 4.39 Å². The molecule has 2 aromatic rings. The van der Waals surface area contributed by atoms with Gasteiger partial charge >= 0.3 is 0 Å². The van der Waals surface area contributed by atoms with Gasteiger partial charge in [-0.15, -0.1) is 0 Å². The number of carbonyl (C=O) groups excluding carboxylic acids is 2. The number of methoxy groups -OCH3 is 1. The van der Waals surface area contributed by atoms with Crippen molar-refractivity contribution in [1.29, 1.82) is 0 Å². The third-order valence-electron chi connectivity index (χ3n) is 5.46. The van der Waals surface area contributed by atoms with E-state index in [1.54, 1.807) is 37.1 Å². The molecule has 0 radical (unpaired) electrons. The Kier molecular flexibility index (Phi) is 7.05. The second-order valence-corrected chi connectivity index (χ2v) is 7.77. The van der Waals surface area contributed by atoms with Crippen molar-refractivity contribution < 1.29 is 23.6 Å². The SMILES string of the molecule is COc1ccc(F)cc1C[NH+]1CCN(C(=O)[C@H](C)NC(=O)c2cccc(C)c2)CC1. The molecule has 1 aliphatic rings. The molecular formula is C23H29FN3O3+. The average Bonchev–Trinajstić information content (AvgIpc) is 2.74. The van der Waals surface area contributed by atoms with E-state index < -0.39 is 6.04 Å². The number of hydrogen-bond donors (Lipinski definition) is 2. The van der Waals surface area contributed by atoms with Crippen LogP contribution >= 0.6 is 0 Å². The third-order valence-corrected chi connectivity index (χ3v) is 5.46. The molecule has 0 aromatic heterocycles. The Hall–Kier alpha value is -2.93. The van der Waals surface area contributed by atoms with E-state index in [1.807, 2.05) is 19.1 Å². The molecule has 2 amide bonds. The van der Waals surface area contributed by atoms with Crippen LogP contribution in [0.25, 0.3) is 0 Å². The molecule has 0 bridgehead atoms. The summed E-state index contributed by atoms with van der Waals surface area (Å²) >= 11 is 0. The van der Waals surface area contributed by atoms with Crippen LogP contribution in [0, 0.1) is 12.7 Å². The van der Waals surface area contributed by atoms with E-state index in [-0.39, 0.29) is 17.6 Å². The molecule has 1 heterocycles. The molecular weight excluding hydrogens is 385 g/mol. The first-order chi connectivity index (χ1) is 14.4. The van der Waals surface area contributed by atoms with Crippen molar-refractivity contribution in [3.8, 4) is 5.75 Å². The standard InChI is InChI=1S/C23H28FN3O3/c1-16-5-4-6-18(13-16)22(28)25-17(2)23(29)27-11-9-26(10-12-27)15-19-14-20(24)7-8-21(19)30-3/h4-8,13-14,17H,9-12,15H2,1-3H3,(H,25,28)/p+1/t17-/m0/s1. The Morgan fingerprint density at radius 1 is 1.20 bits per heavy atom. The lowest BCUT2D eigenvalue weighted by molar-refractivity contribution is -0.917. The Balaban J connectivity index is 1.52. The summed E-state index contributed by atoms with van der Waals surface area (Å²) < 4.78 is 18.9. The van der Waals surface area contributed by atoms with Crippen molar-refractivity contribution in [1.82, 2.24) is 10.2 Å². The van der Waals surface area contributed by atoms with Crippen LogP contribution in [0.5, 0.6) is 5.75 Å². The molecule has 3 rings (SSSR count). The summed E-state index contributed by atoms with van der Waals surface area (Å²) in [6.45, 7) is 6.98. The molecule has 0 unspecified atom stereocenters. The van der Waals surface area contributed by atoms with Gasteiger partial charge in [0.1, 0.15) is 24.2 Å². The first-order valence-electron chi connectivity index (χ1n) is 10.2. The molecule has 0 saturated carbocycles. The van der Waals surface area contributed by atoms with Crippen LogP contribution < -0.4 is 15.0 Å². The summed E-state index contributed by atoms with van der Waals surface area (Å²) in [6.07, 6.45) is 0. The predicted molar refractivity (Wildman–Crippen MR) is 112 cm³/mol. The number of hydrogen-bond acceptors (Lipinski definition) is 3. The minimum absolute atomic E-state index is 0.0848. The molecule has 1 saturated heterocycles. The maximum Gasteiger partial charge on any atom is 0.251 e. The number of piperazine rings is 1. The van der Waals surface area contributed by atoms with Crippen molar-refractivity contribution >= 4 is 11.8 Å². The zero-order valence-electron chi connectivity index (χ0n) is 17.7. The quantitative estimate of drug-likeness (QED) is 0.747.